The van der Waals surface area contributed by atoms with Crippen LogP contribution in [0.5, 0.6) is 11.5 Å². The molecule has 3 aromatic rings. The van der Waals surface area contributed by atoms with Crippen molar-refractivity contribution in [2.45, 2.75) is 33.1 Å². The zero-order valence-corrected chi connectivity index (χ0v) is 17.7. The van der Waals surface area contributed by atoms with Gasteiger partial charge >= 0.3 is 0 Å². The van der Waals surface area contributed by atoms with Crippen molar-refractivity contribution in [3.8, 4) is 11.5 Å². The summed E-state index contributed by atoms with van der Waals surface area (Å²) in [5.74, 6) is 1.57. The molecular weight excluding hydrogens is 376 g/mol. The lowest BCUT2D eigenvalue weighted by atomic mass is 9.99. The summed E-state index contributed by atoms with van der Waals surface area (Å²) < 4.78 is 11.3. The van der Waals surface area contributed by atoms with Crippen molar-refractivity contribution in [3.63, 3.8) is 0 Å². The minimum Gasteiger partial charge on any atom is -0.493 e. The summed E-state index contributed by atoms with van der Waals surface area (Å²) >= 11 is 0. The molecule has 0 aliphatic rings. The van der Waals surface area contributed by atoms with Gasteiger partial charge in [-0.05, 0) is 53.8 Å². The molecule has 1 N–H and O–H groups in total. The monoisotopic (exact) mass is 404 g/mol. The molecule has 156 valence electrons. The van der Waals surface area contributed by atoms with E-state index in [2.05, 4.69) is 24.4 Å². The van der Waals surface area contributed by atoms with E-state index in [0.717, 1.165) is 28.5 Å². The molecule has 0 aliphatic heterocycles. The van der Waals surface area contributed by atoms with Crippen molar-refractivity contribution in [3.05, 3.63) is 71.8 Å². The number of carbonyl (C=O) groups is 1. The molecule has 1 amide bonds. The van der Waals surface area contributed by atoms with E-state index in [1.807, 2.05) is 67.6 Å². The molecule has 5 heteroatoms. The Kier molecular flexibility index (Phi) is 7.44. The van der Waals surface area contributed by atoms with Gasteiger partial charge in [0.15, 0.2) is 6.61 Å². The van der Waals surface area contributed by atoms with Gasteiger partial charge in [-0.15, -0.1) is 0 Å². The fraction of sp³-hybridized carbons (Fsp3) is 0.280. The minimum atomic E-state index is -0.324. The number of hydrogen-bond acceptors (Lipinski definition) is 4. The van der Waals surface area contributed by atoms with Gasteiger partial charge in [0.25, 0.3) is 5.91 Å². The number of hydrogen-bond donors (Lipinski definition) is 1. The fourth-order valence-electron chi connectivity index (χ4n) is 3.17. The van der Waals surface area contributed by atoms with Crippen LogP contribution in [-0.2, 0) is 4.79 Å². The highest BCUT2D eigenvalue weighted by Gasteiger charge is 2.08. The third-order valence-corrected chi connectivity index (χ3v) is 5.04. The predicted octanol–water partition coefficient (Wildman–Crippen LogP) is 5.28. The van der Waals surface area contributed by atoms with Crippen LogP contribution in [0.1, 0.15) is 44.2 Å². The van der Waals surface area contributed by atoms with Crippen molar-refractivity contribution in [2.24, 2.45) is 5.10 Å². The first kappa shape index (κ1) is 21.4. The molecule has 3 rings (SSSR count). The molecule has 0 heterocycles. The second-order valence-electron chi connectivity index (χ2n) is 7.09. The molecule has 1 atom stereocenters. The van der Waals surface area contributed by atoms with Crippen molar-refractivity contribution in [1.29, 1.82) is 0 Å². The zero-order chi connectivity index (χ0) is 21.3. The zero-order valence-electron chi connectivity index (χ0n) is 17.7. The maximum absolute atomic E-state index is 12.1. The third kappa shape index (κ3) is 5.38. The fourth-order valence-corrected chi connectivity index (χ4v) is 3.17. The molecule has 0 radical (unpaired) electrons. The Morgan fingerprint density at radius 2 is 1.80 bits per heavy atom. The highest BCUT2D eigenvalue weighted by atomic mass is 16.5. The normalized spacial score (nSPS) is 12.1. The Bertz CT molecular complexity index is 1010. The Labute approximate surface area is 177 Å². The first-order chi connectivity index (χ1) is 14.6. The molecule has 0 saturated carbocycles. The van der Waals surface area contributed by atoms with Gasteiger partial charge in [0.1, 0.15) is 11.5 Å². The molecule has 0 aromatic heterocycles. The average molecular weight is 405 g/mol. The second kappa shape index (κ2) is 10.4. The number of rotatable bonds is 9. The average Bonchev–Trinajstić information content (AvgIpc) is 2.78. The lowest BCUT2D eigenvalue weighted by molar-refractivity contribution is -0.123. The van der Waals surface area contributed by atoms with E-state index in [1.165, 1.54) is 5.56 Å². The Morgan fingerprint density at radius 1 is 1.03 bits per heavy atom. The lowest BCUT2D eigenvalue weighted by Gasteiger charge is -2.11. The highest BCUT2D eigenvalue weighted by molar-refractivity contribution is 6.02. The van der Waals surface area contributed by atoms with Gasteiger partial charge in [-0.1, -0.05) is 56.3 Å². The first-order valence-corrected chi connectivity index (χ1v) is 10.3. The number of fused-ring (bicyclic) bond motifs is 1. The summed E-state index contributed by atoms with van der Waals surface area (Å²) in [6.45, 7) is 6.73. The number of nitrogens with zero attached hydrogens (tertiary/aromatic N) is 1. The van der Waals surface area contributed by atoms with Crippen LogP contribution in [-0.4, -0.2) is 25.3 Å². The van der Waals surface area contributed by atoms with Crippen LogP contribution in [0.3, 0.4) is 0 Å². The van der Waals surface area contributed by atoms with Crippen molar-refractivity contribution >= 4 is 22.9 Å². The van der Waals surface area contributed by atoms with E-state index in [0.29, 0.717) is 18.3 Å². The largest absolute Gasteiger partial charge is 0.493 e. The summed E-state index contributed by atoms with van der Waals surface area (Å²) in [6, 6.07) is 19.8. The molecule has 0 bridgehead atoms. The van der Waals surface area contributed by atoms with Gasteiger partial charge in [-0.2, -0.15) is 5.10 Å². The summed E-state index contributed by atoms with van der Waals surface area (Å²) in [5, 5.41) is 6.21. The molecule has 0 spiro atoms. The predicted molar refractivity (Wildman–Crippen MR) is 121 cm³/mol. The van der Waals surface area contributed by atoms with Crippen LogP contribution in [0.2, 0.25) is 0 Å². The van der Waals surface area contributed by atoms with Crippen LogP contribution in [0.25, 0.3) is 10.8 Å². The van der Waals surface area contributed by atoms with Gasteiger partial charge < -0.3 is 9.47 Å². The second-order valence-corrected chi connectivity index (χ2v) is 7.09. The number of carbonyl (C=O) groups excluding carboxylic acids is 1. The molecular formula is C25H28N2O3. The molecule has 1 unspecified atom stereocenters. The van der Waals surface area contributed by atoms with Crippen LogP contribution in [0.15, 0.2) is 65.8 Å². The standard InChI is InChI=1S/C25H28N2O3/c1-4-18(3)19-10-13-21(14-11-19)30-17-25(28)27-26-16-23-22-9-7-6-8-20(22)12-15-24(23)29-5-2/h6-16,18H,4-5,17H2,1-3H3,(H,27,28). The van der Waals surface area contributed by atoms with Crippen LogP contribution in [0.4, 0.5) is 0 Å². The van der Waals surface area contributed by atoms with Crippen LogP contribution in [0, 0.1) is 0 Å². The van der Waals surface area contributed by atoms with Crippen molar-refractivity contribution in [2.75, 3.05) is 13.2 Å². The topological polar surface area (TPSA) is 59.9 Å². The van der Waals surface area contributed by atoms with Crippen molar-refractivity contribution < 1.29 is 14.3 Å². The van der Waals surface area contributed by atoms with Gasteiger partial charge in [0.2, 0.25) is 0 Å². The van der Waals surface area contributed by atoms with Crippen LogP contribution < -0.4 is 14.9 Å². The molecule has 0 saturated heterocycles. The van der Waals surface area contributed by atoms with Gasteiger partial charge in [-0.25, -0.2) is 5.43 Å². The summed E-state index contributed by atoms with van der Waals surface area (Å²) in [4.78, 5) is 12.1. The number of ether oxygens (including phenoxy) is 2. The molecule has 30 heavy (non-hydrogen) atoms. The van der Waals surface area contributed by atoms with Gasteiger partial charge in [0, 0.05) is 5.56 Å². The first-order valence-electron chi connectivity index (χ1n) is 10.3. The van der Waals surface area contributed by atoms with E-state index in [9.17, 15) is 4.79 Å². The molecule has 0 fully saturated rings. The van der Waals surface area contributed by atoms with Gasteiger partial charge in [0.05, 0.1) is 12.8 Å². The molecule has 0 aliphatic carbocycles. The smallest absolute Gasteiger partial charge is 0.277 e. The van der Waals surface area contributed by atoms with Gasteiger partial charge in [-0.3, -0.25) is 4.79 Å². The van der Waals surface area contributed by atoms with E-state index in [1.54, 1.807) is 6.21 Å². The Hall–Kier alpha value is -3.34. The minimum absolute atomic E-state index is 0.103. The SMILES string of the molecule is CCOc1ccc2ccccc2c1C=NNC(=O)COc1ccc(C(C)CC)cc1. The summed E-state index contributed by atoms with van der Waals surface area (Å²) in [6.07, 6.45) is 2.70. The molecule has 3 aromatic carbocycles. The van der Waals surface area contributed by atoms with E-state index in [4.69, 9.17) is 9.47 Å². The Balaban J connectivity index is 1.61. The summed E-state index contributed by atoms with van der Waals surface area (Å²) in [7, 11) is 0. The highest BCUT2D eigenvalue weighted by Crippen LogP contribution is 2.26. The summed E-state index contributed by atoms with van der Waals surface area (Å²) in [5.41, 5.74) is 4.62. The van der Waals surface area contributed by atoms with Crippen molar-refractivity contribution in [1.82, 2.24) is 5.43 Å². The van der Waals surface area contributed by atoms with E-state index in [-0.39, 0.29) is 12.5 Å². The maximum atomic E-state index is 12.1. The number of hydrazone groups is 1. The quantitative estimate of drug-likeness (QED) is 0.390. The Morgan fingerprint density at radius 3 is 2.53 bits per heavy atom. The van der Waals surface area contributed by atoms with E-state index >= 15 is 0 Å². The lowest BCUT2D eigenvalue weighted by Crippen LogP contribution is -2.24. The number of benzene rings is 3. The number of amides is 1. The van der Waals surface area contributed by atoms with Crippen LogP contribution >= 0.6 is 0 Å². The maximum Gasteiger partial charge on any atom is 0.277 e. The van der Waals surface area contributed by atoms with E-state index < -0.39 is 0 Å². The third-order valence-electron chi connectivity index (χ3n) is 5.04. The number of nitrogens with one attached hydrogen (secondary N) is 1. The molecule has 5 nitrogen and oxygen atoms in total.